The molecule has 0 aliphatic rings. The molecule has 0 saturated heterocycles. The zero-order valence-electron chi connectivity index (χ0n) is 17.7. The van der Waals surface area contributed by atoms with E-state index in [1.165, 1.54) is 6.07 Å². The summed E-state index contributed by atoms with van der Waals surface area (Å²) in [6.07, 6.45) is 3.27. The van der Waals surface area contributed by atoms with Crippen LogP contribution in [0, 0.1) is 0 Å². The fraction of sp³-hybridized carbons (Fsp3) is 0.120. The van der Waals surface area contributed by atoms with Crippen molar-refractivity contribution < 1.29 is 19.1 Å². The molecule has 0 aliphatic heterocycles. The Kier molecular flexibility index (Phi) is 6.65. The van der Waals surface area contributed by atoms with Crippen LogP contribution in [-0.2, 0) is 11.3 Å². The molecule has 0 radical (unpaired) electrons. The molecule has 0 bridgehead atoms. The van der Waals surface area contributed by atoms with Crippen molar-refractivity contribution >= 4 is 39.1 Å². The normalized spacial score (nSPS) is 10.7. The Hall–Kier alpha value is -3.78. The van der Waals surface area contributed by atoms with Crippen molar-refractivity contribution in [1.29, 1.82) is 0 Å². The maximum atomic E-state index is 13.2. The van der Waals surface area contributed by atoms with Crippen molar-refractivity contribution in [2.24, 2.45) is 0 Å². The van der Waals surface area contributed by atoms with Gasteiger partial charge in [-0.25, -0.2) is 4.79 Å². The summed E-state index contributed by atoms with van der Waals surface area (Å²) in [5.41, 5.74) is 2.49. The number of ketones is 1. The molecule has 0 aliphatic carbocycles. The van der Waals surface area contributed by atoms with E-state index in [1.807, 2.05) is 12.1 Å². The number of fused-ring (bicyclic) bond motifs is 1. The summed E-state index contributed by atoms with van der Waals surface area (Å²) in [7, 11) is 0. The van der Waals surface area contributed by atoms with Crippen LogP contribution < -0.4 is 5.32 Å². The molecule has 4 rings (SSSR count). The van der Waals surface area contributed by atoms with Crippen molar-refractivity contribution in [2.45, 2.75) is 13.5 Å². The molecule has 3 aromatic heterocycles. The van der Waals surface area contributed by atoms with Crippen molar-refractivity contribution in [3.63, 3.8) is 0 Å². The lowest BCUT2D eigenvalue weighted by Crippen LogP contribution is -2.23. The molecule has 33 heavy (non-hydrogen) atoms. The Morgan fingerprint density at radius 2 is 1.82 bits per heavy atom. The van der Waals surface area contributed by atoms with Crippen LogP contribution in [0.25, 0.3) is 5.52 Å². The number of amides is 1. The average molecular weight is 506 g/mol. The van der Waals surface area contributed by atoms with E-state index in [9.17, 15) is 14.4 Å². The van der Waals surface area contributed by atoms with Gasteiger partial charge in [0, 0.05) is 28.0 Å². The molecular formula is C25H20BrN3O4. The number of nitrogens with one attached hydrogen (secondary N) is 1. The smallest absolute Gasteiger partial charge is 0.340 e. The molecule has 8 heteroatoms. The molecule has 0 saturated carbocycles. The number of esters is 1. The molecular weight excluding hydrogens is 486 g/mol. The minimum atomic E-state index is -0.559. The number of benzene rings is 1. The van der Waals surface area contributed by atoms with Crippen LogP contribution in [0.4, 0.5) is 0 Å². The first-order valence-corrected chi connectivity index (χ1v) is 11.1. The van der Waals surface area contributed by atoms with Crippen molar-refractivity contribution in [1.82, 2.24) is 14.7 Å². The topological polar surface area (TPSA) is 89.8 Å². The van der Waals surface area contributed by atoms with Gasteiger partial charge in [0.15, 0.2) is 0 Å². The highest BCUT2D eigenvalue weighted by atomic mass is 79.9. The fourth-order valence-electron chi connectivity index (χ4n) is 3.41. The summed E-state index contributed by atoms with van der Waals surface area (Å²) in [5.74, 6) is -1.13. The second-order valence-corrected chi connectivity index (χ2v) is 8.09. The third-order valence-electron chi connectivity index (χ3n) is 5.02. The molecule has 166 valence electrons. The molecule has 3 heterocycles. The van der Waals surface area contributed by atoms with E-state index in [0.717, 1.165) is 10.2 Å². The number of carbonyl (C=O) groups excluding carboxylic acids is 3. The highest BCUT2D eigenvalue weighted by molar-refractivity contribution is 9.10. The Labute approximate surface area is 198 Å². The molecule has 0 unspecified atom stereocenters. The quantitative estimate of drug-likeness (QED) is 0.296. The second-order valence-electron chi connectivity index (χ2n) is 7.17. The van der Waals surface area contributed by atoms with Crippen LogP contribution >= 0.6 is 15.9 Å². The summed E-state index contributed by atoms with van der Waals surface area (Å²) in [4.78, 5) is 42.7. The first kappa shape index (κ1) is 22.4. The molecule has 1 N–H and O–H groups in total. The minimum Gasteiger partial charge on any atom is -0.462 e. The van der Waals surface area contributed by atoms with E-state index in [1.54, 1.807) is 66.2 Å². The Morgan fingerprint density at radius 1 is 1.03 bits per heavy atom. The maximum Gasteiger partial charge on any atom is 0.340 e. The lowest BCUT2D eigenvalue weighted by molar-refractivity contribution is 0.0528. The zero-order chi connectivity index (χ0) is 23.4. The van der Waals surface area contributed by atoms with E-state index in [0.29, 0.717) is 22.3 Å². The Morgan fingerprint density at radius 3 is 2.52 bits per heavy atom. The van der Waals surface area contributed by atoms with Gasteiger partial charge in [-0.2, -0.15) is 0 Å². The third kappa shape index (κ3) is 4.85. The van der Waals surface area contributed by atoms with E-state index >= 15 is 0 Å². The summed E-state index contributed by atoms with van der Waals surface area (Å²) < 4.78 is 7.64. The average Bonchev–Trinajstić information content (AvgIpc) is 3.22. The van der Waals surface area contributed by atoms with Crippen molar-refractivity contribution in [3.05, 3.63) is 106 Å². The van der Waals surface area contributed by atoms with Gasteiger partial charge in [-0.1, -0.05) is 22.0 Å². The predicted octanol–water partition coefficient (Wildman–Crippen LogP) is 4.43. The van der Waals surface area contributed by atoms with Crippen LogP contribution in [0.1, 0.15) is 49.4 Å². The fourth-order valence-corrected chi connectivity index (χ4v) is 3.68. The van der Waals surface area contributed by atoms with Gasteiger partial charge in [0.25, 0.3) is 5.91 Å². The number of aromatic nitrogens is 2. The first-order valence-electron chi connectivity index (χ1n) is 10.3. The van der Waals surface area contributed by atoms with Crippen LogP contribution in [0.2, 0.25) is 0 Å². The predicted molar refractivity (Wildman–Crippen MR) is 126 cm³/mol. The molecule has 0 fully saturated rings. The lowest BCUT2D eigenvalue weighted by Gasteiger charge is -2.08. The number of ether oxygens (including phenoxy) is 1. The molecule has 0 atom stereocenters. The zero-order valence-corrected chi connectivity index (χ0v) is 19.3. The molecule has 1 amide bonds. The molecule has 0 spiro atoms. The standard InChI is InChI=1S/C25H20BrN3O4/c1-2-33-25(32)20-14-22(23(30)16-6-8-18(26)9-7-16)29-12-10-17(13-21(20)29)24(31)28-15-19-5-3-4-11-27-19/h3-14H,2,15H2,1H3,(H,28,31). The Bertz CT molecular complexity index is 1330. The summed E-state index contributed by atoms with van der Waals surface area (Å²) >= 11 is 3.36. The van der Waals surface area contributed by atoms with Crippen molar-refractivity contribution in [3.8, 4) is 0 Å². The summed E-state index contributed by atoms with van der Waals surface area (Å²) in [6.45, 7) is 2.17. The van der Waals surface area contributed by atoms with Gasteiger partial charge in [-0.3, -0.25) is 14.6 Å². The molecule has 1 aromatic carbocycles. The molecule has 7 nitrogen and oxygen atoms in total. The number of carbonyl (C=O) groups is 3. The van der Waals surface area contributed by atoms with E-state index < -0.39 is 5.97 Å². The maximum absolute atomic E-state index is 13.2. The number of rotatable bonds is 7. The lowest BCUT2D eigenvalue weighted by atomic mass is 10.1. The third-order valence-corrected chi connectivity index (χ3v) is 5.55. The number of halogens is 1. The SMILES string of the molecule is CCOC(=O)c1cc(C(=O)c2ccc(Br)cc2)n2ccc(C(=O)NCc3ccccn3)cc12. The number of hydrogen-bond donors (Lipinski definition) is 1. The highest BCUT2D eigenvalue weighted by Gasteiger charge is 2.22. The van der Waals surface area contributed by atoms with Gasteiger partial charge in [-0.05, 0) is 61.5 Å². The number of nitrogens with zero attached hydrogens (tertiary/aromatic N) is 2. The van der Waals surface area contributed by atoms with Crippen LogP contribution in [0.5, 0.6) is 0 Å². The van der Waals surface area contributed by atoms with Gasteiger partial charge in [0.2, 0.25) is 5.78 Å². The van der Waals surface area contributed by atoms with E-state index in [-0.39, 0.29) is 30.4 Å². The highest BCUT2D eigenvalue weighted by Crippen LogP contribution is 2.23. The largest absolute Gasteiger partial charge is 0.462 e. The number of pyridine rings is 2. The van der Waals surface area contributed by atoms with Gasteiger partial charge < -0.3 is 14.5 Å². The van der Waals surface area contributed by atoms with Crippen LogP contribution in [0.15, 0.2) is 77.5 Å². The summed E-state index contributed by atoms with van der Waals surface area (Å²) in [6, 6.07) is 17.1. The minimum absolute atomic E-state index is 0.191. The van der Waals surface area contributed by atoms with Crippen molar-refractivity contribution in [2.75, 3.05) is 6.61 Å². The summed E-state index contributed by atoms with van der Waals surface area (Å²) in [5, 5.41) is 2.82. The van der Waals surface area contributed by atoms with E-state index in [4.69, 9.17) is 4.74 Å². The van der Waals surface area contributed by atoms with Gasteiger partial charge >= 0.3 is 5.97 Å². The Balaban J connectivity index is 1.70. The van der Waals surface area contributed by atoms with Crippen LogP contribution in [-0.4, -0.2) is 33.7 Å². The van der Waals surface area contributed by atoms with Crippen LogP contribution in [0.3, 0.4) is 0 Å². The second kappa shape index (κ2) is 9.79. The monoisotopic (exact) mass is 505 g/mol. The van der Waals surface area contributed by atoms with Gasteiger partial charge in [-0.15, -0.1) is 0 Å². The first-order chi connectivity index (χ1) is 16.0. The van der Waals surface area contributed by atoms with E-state index in [2.05, 4.69) is 26.2 Å². The molecule has 4 aromatic rings. The van der Waals surface area contributed by atoms with Gasteiger partial charge in [0.05, 0.1) is 35.6 Å². The number of hydrogen-bond acceptors (Lipinski definition) is 5. The van der Waals surface area contributed by atoms with Gasteiger partial charge in [0.1, 0.15) is 0 Å².